The van der Waals surface area contributed by atoms with E-state index in [1.54, 1.807) is 6.26 Å². The minimum Gasteiger partial charge on any atom is -0.358 e. The van der Waals surface area contributed by atoms with Crippen molar-refractivity contribution in [1.29, 1.82) is 0 Å². The monoisotopic (exact) mass is 219 g/mol. The smallest absolute Gasteiger partial charge is 0.202 e. The van der Waals surface area contributed by atoms with Gasteiger partial charge < -0.3 is 5.32 Å². The first kappa shape index (κ1) is 10.6. The van der Waals surface area contributed by atoms with Crippen LogP contribution >= 0.6 is 11.5 Å². The predicted octanol–water partition coefficient (Wildman–Crippen LogP) is 1.11. The first-order valence-electron chi connectivity index (χ1n) is 4.01. The quantitative estimate of drug-likeness (QED) is 0.806. The molecule has 74 valence electrons. The molecule has 0 bridgehead atoms. The van der Waals surface area contributed by atoms with E-state index < -0.39 is 10.8 Å². The summed E-state index contributed by atoms with van der Waals surface area (Å²) in [5.41, 5.74) is 0. The summed E-state index contributed by atoms with van der Waals surface area (Å²) in [7, 11) is -0.707. The highest BCUT2D eigenvalue weighted by Crippen LogP contribution is 2.09. The van der Waals surface area contributed by atoms with Gasteiger partial charge in [0.25, 0.3) is 0 Å². The lowest BCUT2D eigenvalue weighted by atomic mass is 10.3. The van der Waals surface area contributed by atoms with Crippen molar-refractivity contribution in [2.45, 2.75) is 19.4 Å². The minimum absolute atomic E-state index is 0.303. The van der Waals surface area contributed by atoms with Crippen LogP contribution in [0, 0.1) is 0 Å². The van der Waals surface area contributed by atoms with Crippen LogP contribution in [0.25, 0.3) is 0 Å². The van der Waals surface area contributed by atoms with E-state index in [1.165, 1.54) is 17.9 Å². The van der Waals surface area contributed by atoms with Gasteiger partial charge in [0.05, 0.1) is 0 Å². The first-order chi connectivity index (χ1) is 6.18. The fraction of sp³-hybridized carbons (Fsp3) is 0.714. The number of aromatic nitrogens is 2. The minimum atomic E-state index is -0.707. The zero-order valence-corrected chi connectivity index (χ0v) is 9.32. The second-order valence-corrected chi connectivity index (χ2v) is 5.19. The maximum absolute atomic E-state index is 10.8. The average molecular weight is 219 g/mol. The van der Waals surface area contributed by atoms with Crippen LogP contribution in [0.5, 0.6) is 0 Å². The summed E-state index contributed by atoms with van der Waals surface area (Å²) in [6.07, 6.45) is 4.14. The highest BCUT2D eigenvalue weighted by atomic mass is 32.2. The van der Waals surface area contributed by atoms with Gasteiger partial charge in [-0.2, -0.15) is 4.37 Å². The molecule has 1 aromatic rings. The van der Waals surface area contributed by atoms with Gasteiger partial charge in [0, 0.05) is 40.4 Å². The Morgan fingerprint density at radius 1 is 1.77 bits per heavy atom. The molecular weight excluding hydrogens is 206 g/mol. The van der Waals surface area contributed by atoms with Gasteiger partial charge in [-0.3, -0.25) is 4.21 Å². The highest BCUT2D eigenvalue weighted by molar-refractivity contribution is 7.84. The summed E-state index contributed by atoms with van der Waals surface area (Å²) in [6.45, 7) is 2.05. The number of hydrogen-bond acceptors (Lipinski definition) is 5. The van der Waals surface area contributed by atoms with Gasteiger partial charge in [-0.1, -0.05) is 0 Å². The van der Waals surface area contributed by atoms with E-state index in [-0.39, 0.29) is 0 Å². The molecule has 2 atom stereocenters. The largest absolute Gasteiger partial charge is 0.358 e. The molecule has 0 aliphatic heterocycles. The third-order valence-electron chi connectivity index (χ3n) is 1.57. The van der Waals surface area contributed by atoms with Crippen molar-refractivity contribution in [2.75, 3.05) is 17.3 Å². The Kier molecular flexibility index (Phi) is 4.31. The van der Waals surface area contributed by atoms with Gasteiger partial charge >= 0.3 is 0 Å². The van der Waals surface area contributed by atoms with Crippen LogP contribution in [0.3, 0.4) is 0 Å². The van der Waals surface area contributed by atoms with Gasteiger partial charge in [-0.15, -0.1) is 0 Å². The van der Waals surface area contributed by atoms with E-state index >= 15 is 0 Å². The molecule has 6 heteroatoms. The van der Waals surface area contributed by atoms with E-state index in [0.717, 1.165) is 17.3 Å². The molecule has 0 saturated heterocycles. The molecule has 0 fully saturated rings. The maximum atomic E-state index is 10.8. The fourth-order valence-corrected chi connectivity index (χ4v) is 2.09. The lowest BCUT2D eigenvalue weighted by Gasteiger charge is -2.10. The van der Waals surface area contributed by atoms with Crippen molar-refractivity contribution < 1.29 is 4.21 Å². The number of anilines is 1. The summed E-state index contributed by atoms with van der Waals surface area (Å²) < 4.78 is 14.7. The molecule has 0 saturated carbocycles. The van der Waals surface area contributed by atoms with Crippen molar-refractivity contribution in [1.82, 2.24) is 9.36 Å². The van der Waals surface area contributed by atoms with E-state index in [0.29, 0.717) is 6.04 Å². The molecule has 0 radical (unpaired) electrons. The second-order valence-electron chi connectivity index (χ2n) is 2.86. The van der Waals surface area contributed by atoms with Crippen molar-refractivity contribution in [3.63, 3.8) is 0 Å². The lowest BCUT2D eigenvalue weighted by Crippen LogP contribution is -2.17. The van der Waals surface area contributed by atoms with E-state index in [2.05, 4.69) is 14.7 Å². The topological polar surface area (TPSA) is 54.9 Å². The Bertz CT molecular complexity index is 263. The number of rotatable bonds is 5. The molecule has 0 aliphatic rings. The van der Waals surface area contributed by atoms with Crippen LogP contribution in [0.15, 0.2) is 6.33 Å². The third kappa shape index (κ3) is 4.33. The molecular formula is C7H13N3OS2. The Labute approximate surface area is 84.4 Å². The zero-order chi connectivity index (χ0) is 9.68. The first-order valence-corrected chi connectivity index (χ1v) is 6.52. The van der Waals surface area contributed by atoms with E-state index in [1.807, 2.05) is 6.92 Å². The summed E-state index contributed by atoms with van der Waals surface area (Å²) in [5, 5.41) is 4.02. The summed E-state index contributed by atoms with van der Waals surface area (Å²) in [4.78, 5) is 4.00. The molecule has 1 rings (SSSR count). The van der Waals surface area contributed by atoms with Gasteiger partial charge in [-0.05, 0) is 13.3 Å². The van der Waals surface area contributed by atoms with Crippen molar-refractivity contribution in [3.05, 3.63) is 6.33 Å². The molecule has 0 aliphatic carbocycles. The molecule has 1 heterocycles. The fourth-order valence-electron chi connectivity index (χ4n) is 0.862. The molecule has 0 amide bonds. The second kappa shape index (κ2) is 5.29. The van der Waals surface area contributed by atoms with Crippen molar-refractivity contribution in [2.24, 2.45) is 0 Å². The van der Waals surface area contributed by atoms with E-state index in [9.17, 15) is 4.21 Å². The molecule has 0 aromatic carbocycles. The standard InChI is InChI=1S/C7H13N3OS2/c1-6(3-4-13(2)11)10-7-8-5-9-12-7/h5-6H,3-4H2,1-2H3,(H,8,9,10). The Balaban J connectivity index is 2.25. The van der Waals surface area contributed by atoms with Crippen LogP contribution in [0.1, 0.15) is 13.3 Å². The molecule has 1 aromatic heterocycles. The molecule has 0 spiro atoms. The lowest BCUT2D eigenvalue weighted by molar-refractivity contribution is 0.678. The molecule has 1 N–H and O–H groups in total. The Hall–Kier alpha value is -0.490. The van der Waals surface area contributed by atoms with Crippen LogP contribution in [-0.4, -0.2) is 31.6 Å². The molecule has 13 heavy (non-hydrogen) atoms. The normalized spacial score (nSPS) is 15.2. The number of hydrogen-bond donors (Lipinski definition) is 1. The van der Waals surface area contributed by atoms with Gasteiger partial charge in [0.2, 0.25) is 5.13 Å². The Morgan fingerprint density at radius 3 is 3.08 bits per heavy atom. The van der Waals surface area contributed by atoms with Crippen LogP contribution in [0.2, 0.25) is 0 Å². The maximum Gasteiger partial charge on any atom is 0.202 e. The van der Waals surface area contributed by atoms with E-state index in [4.69, 9.17) is 0 Å². The van der Waals surface area contributed by atoms with Crippen LogP contribution in [0.4, 0.5) is 5.13 Å². The summed E-state index contributed by atoms with van der Waals surface area (Å²) >= 11 is 1.34. The average Bonchev–Trinajstić information content (AvgIpc) is 2.53. The third-order valence-corrected chi connectivity index (χ3v) is 2.98. The zero-order valence-electron chi connectivity index (χ0n) is 7.69. The van der Waals surface area contributed by atoms with Gasteiger partial charge in [0.15, 0.2) is 0 Å². The van der Waals surface area contributed by atoms with Crippen molar-refractivity contribution in [3.8, 4) is 0 Å². The molecule has 2 unspecified atom stereocenters. The van der Waals surface area contributed by atoms with Crippen LogP contribution < -0.4 is 5.32 Å². The Morgan fingerprint density at radius 2 is 2.54 bits per heavy atom. The number of nitrogens with one attached hydrogen (secondary N) is 1. The number of nitrogens with zero attached hydrogens (tertiary/aromatic N) is 2. The highest BCUT2D eigenvalue weighted by Gasteiger charge is 2.04. The SMILES string of the molecule is CC(CCS(C)=O)Nc1ncns1. The van der Waals surface area contributed by atoms with Gasteiger partial charge in [-0.25, -0.2) is 4.98 Å². The predicted molar refractivity (Wildman–Crippen MR) is 56.5 cm³/mol. The summed E-state index contributed by atoms with van der Waals surface area (Å²) in [5.74, 6) is 0.729. The van der Waals surface area contributed by atoms with Crippen LogP contribution in [-0.2, 0) is 10.8 Å². The van der Waals surface area contributed by atoms with Gasteiger partial charge in [0.1, 0.15) is 6.33 Å². The van der Waals surface area contributed by atoms with Crippen molar-refractivity contribution >= 4 is 27.5 Å². The molecule has 4 nitrogen and oxygen atoms in total. The summed E-state index contributed by atoms with van der Waals surface area (Å²) in [6, 6.07) is 0.303.